The zero-order valence-electron chi connectivity index (χ0n) is 10.8. The number of carboxylic acid groups (broad SMARTS) is 1. The molecule has 2 rings (SSSR count). The van der Waals surface area contributed by atoms with Gasteiger partial charge in [0.25, 0.3) is 0 Å². The van der Waals surface area contributed by atoms with Crippen LogP contribution in [0.5, 0.6) is 0 Å². The molecule has 0 bridgehead atoms. The summed E-state index contributed by atoms with van der Waals surface area (Å²) in [6, 6.07) is -1.90. The lowest BCUT2D eigenvalue weighted by molar-refractivity contribution is -0.203. The van der Waals surface area contributed by atoms with Crippen LogP contribution in [0.25, 0.3) is 0 Å². The smallest absolute Gasteiger partial charge is 0.404 e. The Kier molecular flexibility index (Phi) is 4.38. The van der Waals surface area contributed by atoms with Crippen molar-refractivity contribution in [1.82, 2.24) is 4.90 Å². The van der Waals surface area contributed by atoms with Crippen molar-refractivity contribution < 1.29 is 23.1 Å². The summed E-state index contributed by atoms with van der Waals surface area (Å²) >= 11 is 0. The number of carbonyl (C=O) groups is 1. The third-order valence-corrected chi connectivity index (χ3v) is 4.43. The Labute approximate surface area is 110 Å². The van der Waals surface area contributed by atoms with Crippen molar-refractivity contribution in [3.63, 3.8) is 0 Å². The molecule has 0 aromatic rings. The molecule has 0 radical (unpaired) electrons. The van der Waals surface area contributed by atoms with E-state index in [1.807, 2.05) is 0 Å². The first kappa shape index (κ1) is 14.6. The van der Waals surface area contributed by atoms with Crippen LogP contribution >= 0.6 is 0 Å². The molecule has 0 amide bonds. The van der Waals surface area contributed by atoms with Crippen molar-refractivity contribution in [2.45, 2.75) is 63.2 Å². The quantitative estimate of drug-likeness (QED) is 0.863. The summed E-state index contributed by atoms with van der Waals surface area (Å²) in [5.74, 6) is -1.05. The molecule has 6 heteroatoms. The summed E-state index contributed by atoms with van der Waals surface area (Å²) in [6.45, 7) is 0.374. The van der Waals surface area contributed by atoms with E-state index in [0.29, 0.717) is 12.5 Å². The summed E-state index contributed by atoms with van der Waals surface area (Å²) < 4.78 is 39.4. The molecule has 1 aliphatic heterocycles. The number of rotatable bonds is 3. The summed E-state index contributed by atoms with van der Waals surface area (Å²) in [4.78, 5) is 12.2. The molecule has 19 heavy (non-hydrogen) atoms. The van der Waals surface area contributed by atoms with Crippen LogP contribution < -0.4 is 0 Å². The number of halogens is 3. The minimum absolute atomic E-state index is 0.0755. The molecule has 0 spiro atoms. The summed E-state index contributed by atoms with van der Waals surface area (Å²) in [5.41, 5.74) is 0. The molecule has 1 aliphatic carbocycles. The molecular weight excluding hydrogens is 259 g/mol. The molecule has 1 N–H and O–H groups in total. The lowest BCUT2D eigenvalue weighted by atomic mass is 9.77. The zero-order valence-corrected chi connectivity index (χ0v) is 10.8. The number of likely N-dealkylation sites (tertiary alicyclic amines) is 1. The SMILES string of the molecule is O=C(O)CC(N1CCCC2CCCCC21)C(F)(F)F. The van der Waals surface area contributed by atoms with E-state index in [1.165, 1.54) is 4.90 Å². The van der Waals surface area contributed by atoms with E-state index in [9.17, 15) is 18.0 Å². The van der Waals surface area contributed by atoms with Crippen molar-refractivity contribution >= 4 is 5.97 Å². The third-order valence-electron chi connectivity index (χ3n) is 4.43. The standard InChI is InChI=1S/C13H20F3NO2/c14-13(15,16)11(8-12(18)19)17-7-3-5-9-4-1-2-6-10(9)17/h9-11H,1-8H2,(H,18,19). The maximum Gasteiger partial charge on any atom is 0.404 e. The highest BCUT2D eigenvalue weighted by Gasteiger charge is 2.49. The van der Waals surface area contributed by atoms with Gasteiger partial charge in [-0.15, -0.1) is 0 Å². The van der Waals surface area contributed by atoms with E-state index in [1.54, 1.807) is 0 Å². The van der Waals surface area contributed by atoms with Gasteiger partial charge in [-0.25, -0.2) is 0 Å². The van der Waals surface area contributed by atoms with Crippen LogP contribution in [-0.4, -0.2) is 40.8 Å². The molecule has 110 valence electrons. The second-order valence-electron chi connectivity index (χ2n) is 5.65. The molecular formula is C13H20F3NO2. The number of hydrogen-bond donors (Lipinski definition) is 1. The molecule has 2 fully saturated rings. The Balaban J connectivity index is 2.16. The largest absolute Gasteiger partial charge is 0.481 e. The van der Waals surface area contributed by atoms with Crippen LogP contribution in [0, 0.1) is 5.92 Å². The van der Waals surface area contributed by atoms with Gasteiger partial charge in [0.05, 0.1) is 6.42 Å². The minimum Gasteiger partial charge on any atom is -0.481 e. The Morgan fingerprint density at radius 3 is 2.47 bits per heavy atom. The van der Waals surface area contributed by atoms with E-state index < -0.39 is 24.6 Å². The normalized spacial score (nSPS) is 30.7. The molecule has 3 atom stereocenters. The highest BCUT2D eigenvalue weighted by atomic mass is 19.4. The number of alkyl halides is 3. The third kappa shape index (κ3) is 3.41. The number of nitrogens with zero attached hydrogens (tertiary/aromatic N) is 1. The van der Waals surface area contributed by atoms with Crippen LogP contribution in [0.4, 0.5) is 13.2 Å². The van der Waals surface area contributed by atoms with Crippen molar-refractivity contribution in [1.29, 1.82) is 0 Å². The first-order chi connectivity index (χ1) is 8.89. The highest BCUT2D eigenvalue weighted by Crippen LogP contribution is 2.40. The van der Waals surface area contributed by atoms with Gasteiger partial charge in [0.2, 0.25) is 0 Å². The Hall–Kier alpha value is -0.780. The van der Waals surface area contributed by atoms with Crippen LogP contribution in [0.2, 0.25) is 0 Å². The minimum atomic E-state index is -4.46. The fourth-order valence-corrected chi connectivity index (χ4v) is 3.64. The first-order valence-corrected chi connectivity index (χ1v) is 6.94. The van der Waals surface area contributed by atoms with E-state index in [0.717, 1.165) is 38.5 Å². The molecule has 1 saturated heterocycles. The van der Waals surface area contributed by atoms with Crippen LogP contribution in [-0.2, 0) is 4.79 Å². The lowest BCUT2D eigenvalue weighted by Crippen LogP contribution is -2.56. The second-order valence-corrected chi connectivity index (χ2v) is 5.65. The predicted octanol–water partition coefficient (Wildman–Crippen LogP) is 3.05. The topological polar surface area (TPSA) is 40.5 Å². The maximum absolute atomic E-state index is 13.1. The van der Waals surface area contributed by atoms with Gasteiger partial charge in [0.15, 0.2) is 0 Å². The zero-order chi connectivity index (χ0) is 14.0. The van der Waals surface area contributed by atoms with Crippen LogP contribution in [0.3, 0.4) is 0 Å². The van der Waals surface area contributed by atoms with Crippen molar-refractivity contribution in [3.05, 3.63) is 0 Å². The van der Waals surface area contributed by atoms with Gasteiger partial charge in [-0.1, -0.05) is 12.8 Å². The lowest BCUT2D eigenvalue weighted by Gasteiger charge is -2.47. The number of carboxylic acids is 1. The number of fused-ring (bicyclic) bond motifs is 1. The molecule has 2 aliphatic rings. The van der Waals surface area contributed by atoms with E-state index in [-0.39, 0.29) is 6.04 Å². The van der Waals surface area contributed by atoms with Gasteiger partial charge >= 0.3 is 12.1 Å². The predicted molar refractivity (Wildman–Crippen MR) is 63.8 cm³/mol. The molecule has 1 saturated carbocycles. The number of aliphatic carboxylic acids is 1. The average molecular weight is 279 g/mol. The summed E-state index contributed by atoms with van der Waals surface area (Å²) in [5, 5.41) is 8.75. The Bertz CT molecular complexity index is 330. The Morgan fingerprint density at radius 1 is 1.21 bits per heavy atom. The number of hydrogen-bond acceptors (Lipinski definition) is 2. The second kappa shape index (κ2) is 5.69. The monoisotopic (exact) mass is 279 g/mol. The molecule has 0 aromatic carbocycles. The summed E-state index contributed by atoms with van der Waals surface area (Å²) in [7, 11) is 0. The molecule has 3 nitrogen and oxygen atoms in total. The molecule has 1 heterocycles. The Morgan fingerprint density at radius 2 is 1.84 bits per heavy atom. The highest BCUT2D eigenvalue weighted by molar-refractivity contribution is 5.67. The van der Waals surface area contributed by atoms with Gasteiger partial charge in [-0.2, -0.15) is 13.2 Å². The average Bonchev–Trinajstić information content (AvgIpc) is 2.34. The molecule has 0 aromatic heterocycles. The van der Waals surface area contributed by atoms with Gasteiger partial charge in [-0.3, -0.25) is 9.69 Å². The maximum atomic E-state index is 13.1. The fourth-order valence-electron chi connectivity index (χ4n) is 3.64. The van der Waals surface area contributed by atoms with E-state index in [2.05, 4.69) is 0 Å². The van der Waals surface area contributed by atoms with Gasteiger partial charge in [0.1, 0.15) is 6.04 Å². The molecule has 3 unspecified atom stereocenters. The van der Waals surface area contributed by atoms with Crippen LogP contribution in [0.15, 0.2) is 0 Å². The number of piperidine rings is 1. The van der Waals surface area contributed by atoms with Gasteiger partial charge in [-0.05, 0) is 38.1 Å². The van der Waals surface area contributed by atoms with Crippen LogP contribution in [0.1, 0.15) is 44.9 Å². The summed E-state index contributed by atoms with van der Waals surface area (Å²) in [6.07, 6.45) is 0.228. The van der Waals surface area contributed by atoms with Crippen molar-refractivity contribution in [2.24, 2.45) is 5.92 Å². The van der Waals surface area contributed by atoms with Gasteiger partial charge < -0.3 is 5.11 Å². The van der Waals surface area contributed by atoms with Crippen molar-refractivity contribution in [2.75, 3.05) is 6.54 Å². The fraction of sp³-hybridized carbons (Fsp3) is 0.923. The van der Waals surface area contributed by atoms with Gasteiger partial charge in [0, 0.05) is 6.04 Å². The first-order valence-electron chi connectivity index (χ1n) is 6.94. The van der Waals surface area contributed by atoms with E-state index in [4.69, 9.17) is 5.11 Å². The van der Waals surface area contributed by atoms with E-state index >= 15 is 0 Å². The van der Waals surface area contributed by atoms with Crippen molar-refractivity contribution in [3.8, 4) is 0 Å².